The molecule has 2 nitrogen and oxygen atoms in total. The summed E-state index contributed by atoms with van der Waals surface area (Å²) in [6.07, 6.45) is 2.94. The summed E-state index contributed by atoms with van der Waals surface area (Å²) < 4.78 is 0. The van der Waals surface area contributed by atoms with E-state index < -0.39 is 0 Å². The highest BCUT2D eigenvalue weighted by Gasteiger charge is 2.17. The average molecular weight is 268 g/mol. The van der Waals surface area contributed by atoms with E-state index in [0.717, 1.165) is 13.0 Å². The van der Waals surface area contributed by atoms with E-state index in [0.29, 0.717) is 12.0 Å². The number of hydrogen-bond acceptors (Lipinski definition) is 2. The van der Waals surface area contributed by atoms with Crippen LogP contribution >= 0.6 is 0 Å². The van der Waals surface area contributed by atoms with Gasteiger partial charge in [0.05, 0.1) is 11.7 Å². The minimum absolute atomic E-state index is 0.319. The number of aromatic nitrogens is 1. The van der Waals surface area contributed by atoms with E-state index in [2.05, 4.69) is 67.5 Å². The maximum atomic E-state index is 4.56. The van der Waals surface area contributed by atoms with Crippen LogP contribution in [0, 0.1) is 12.8 Å². The van der Waals surface area contributed by atoms with Crippen molar-refractivity contribution in [1.29, 1.82) is 0 Å². The van der Waals surface area contributed by atoms with E-state index in [4.69, 9.17) is 0 Å². The van der Waals surface area contributed by atoms with Gasteiger partial charge in [-0.3, -0.25) is 4.98 Å². The molecular formula is C18H24N2. The highest BCUT2D eigenvalue weighted by atomic mass is 14.9. The van der Waals surface area contributed by atoms with Gasteiger partial charge < -0.3 is 5.32 Å². The minimum atomic E-state index is 0.319. The van der Waals surface area contributed by atoms with Gasteiger partial charge in [0.25, 0.3) is 0 Å². The first-order valence-electron chi connectivity index (χ1n) is 7.37. The Morgan fingerprint density at radius 3 is 2.45 bits per heavy atom. The lowest BCUT2D eigenvalue weighted by Gasteiger charge is -2.23. The molecule has 2 heteroatoms. The Kier molecular flexibility index (Phi) is 5.31. The minimum Gasteiger partial charge on any atom is -0.308 e. The van der Waals surface area contributed by atoms with Crippen LogP contribution in [0.15, 0.2) is 48.7 Å². The van der Waals surface area contributed by atoms with Gasteiger partial charge in [-0.15, -0.1) is 0 Å². The van der Waals surface area contributed by atoms with Crippen LogP contribution in [-0.4, -0.2) is 11.5 Å². The van der Waals surface area contributed by atoms with E-state index in [1.165, 1.54) is 16.8 Å². The average Bonchev–Trinajstić information content (AvgIpc) is 2.45. The summed E-state index contributed by atoms with van der Waals surface area (Å²) in [5.41, 5.74) is 3.81. The molecule has 0 fully saturated rings. The lowest BCUT2D eigenvalue weighted by molar-refractivity contribution is 0.404. The van der Waals surface area contributed by atoms with Crippen molar-refractivity contribution in [2.45, 2.75) is 33.2 Å². The van der Waals surface area contributed by atoms with E-state index in [-0.39, 0.29) is 0 Å². The van der Waals surface area contributed by atoms with Gasteiger partial charge in [-0.1, -0.05) is 50.2 Å². The third-order valence-electron chi connectivity index (χ3n) is 3.63. The Bertz CT molecular complexity index is 520. The van der Waals surface area contributed by atoms with Crippen molar-refractivity contribution in [3.8, 4) is 0 Å². The number of benzene rings is 1. The van der Waals surface area contributed by atoms with Crippen molar-refractivity contribution in [1.82, 2.24) is 10.3 Å². The Balaban J connectivity index is 1.99. The van der Waals surface area contributed by atoms with Gasteiger partial charge in [0, 0.05) is 6.20 Å². The number of hydrogen-bond donors (Lipinski definition) is 1. The zero-order chi connectivity index (χ0) is 14.4. The molecule has 0 saturated carbocycles. The molecule has 0 amide bonds. The van der Waals surface area contributed by atoms with E-state index in [1.807, 2.05) is 12.3 Å². The number of nitrogens with one attached hydrogen (secondary N) is 1. The fourth-order valence-electron chi connectivity index (χ4n) is 2.49. The highest BCUT2D eigenvalue weighted by molar-refractivity contribution is 5.22. The topological polar surface area (TPSA) is 24.9 Å². The van der Waals surface area contributed by atoms with Crippen LogP contribution in [-0.2, 0) is 6.42 Å². The summed E-state index contributed by atoms with van der Waals surface area (Å²) in [5, 5.41) is 3.66. The van der Waals surface area contributed by atoms with Crippen molar-refractivity contribution in [2.24, 2.45) is 5.92 Å². The molecule has 1 atom stereocenters. The first-order valence-corrected chi connectivity index (χ1v) is 7.37. The zero-order valence-electron chi connectivity index (χ0n) is 12.6. The molecule has 1 aromatic carbocycles. The first-order chi connectivity index (χ1) is 9.68. The molecule has 106 valence electrons. The standard InChI is InChI=1S/C18H24N2/c1-14(2)17(18-15(3)8-7-12-19-18)20-13-11-16-9-5-4-6-10-16/h4-10,12,14,17,20H,11,13H2,1-3H3. The maximum Gasteiger partial charge on any atom is 0.0604 e. The van der Waals surface area contributed by atoms with Crippen LogP contribution in [0.2, 0.25) is 0 Å². The SMILES string of the molecule is Cc1cccnc1C(NCCc1ccccc1)C(C)C. The van der Waals surface area contributed by atoms with E-state index >= 15 is 0 Å². The summed E-state index contributed by atoms with van der Waals surface area (Å²) in [5.74, 6) is 0.527. The van der Waals surface area contributed by atoms with Crippen molar-refractivity contribution < 1.29 is 0 Å². The molecule has 1 N–H and O–H groups in total. The normalized spacial score (nSPS) is 12.6. The predicted molar refractivity (Wildman–Crippen MR) is 84.7 cm³/mol. The van der Waals surface area contributed by atoms with Crippen LogP contribution < -0.4 is 5.32 Å². The third kappa shape index (κ3) is 3.91. The van der Waals surface area contributed by atoms with Crippen molar-refractivity contribution in [3.63, 3.8) is 0 Å². The molecule has 0 aliphatic rings. The molecule has 0 bridgehead atoms. The van der Waals surface area contributed by atoms with Crippen LogP contribution in [0.1, 0.15) is 36.7 Å². The van der Waals surface area contributed by atoms with E-state index in [9.17, 15) is 0 Å². The van der Waals surface area contributed by atoms with Crippen molar-refractivity contribution in [3.05, 3.63) is 65.5 Å². The second kappa shape index (κ2) is 7.20. The molecular weight excluding hydrogens is 244 g/mol. The smallest absolute Gasteiger partial charge is 0.0604 e. The molecule has 0 aliphatic heterocycles. The molecule has 2 aromatic rings. The summed E-state index contributed by atoms with van der Waals surface area (Å²) in [7, 11) is 0. The highest BCUT2D eigenvalue weighted by Crippen LogP contribution is 2.22. The van der Waals surface area contributed by atoms with Crippen LogP contribution in [0.25, 0.3) is 0 Å². The van der Waals surface area contributed by atoms with Crippen LogP contribution in [0.3, 0.4) is 0 Å². The lowest BCUT2D eigenvalue weighted by Crippen LogP contribution is -2.29. The van der Waals surface area contributed by atoms with Gasteiger partial charge in [-0.05, 0) is 43.0 Å². The monoisotopic (exact) mass is 268 g/mol. The van der Waals surface area contributed by atoms with E-state index in [1.54, 1.807) is 0 Å². The van der Waals surface area contributed by atoms with Gasteiger partial charge in [-0.2, -0.15) is 0 Å². The van der Waals surface area contributed by atoms with Crippen molar-refractivity contribution >= 4 is 0 Å². The molecule has 20 heavy (non-hydrogen) atoms. The van der Waals surface area contributed by atoms with Crippen molar-refractivity contribution in [2.75, 3.05) is 6.54 Å². The first kappa shape index (κ1) is 14.7. The van der Waals surface area contributed by atoms with Gasteiger partial charge in [0.15, 0.2) is 0 Å². The fraction of sp³-hybridized carbons (Fsp3) is 0.389. The maximum absolute atomic E-state index is 4.56. The predicted octanol–water partition coefficient (Wildman–Crippen LogP) is 3.92. The van der Waals surface area contributed by atoms with Crippen LogP contribution in [0.4, 0.5) is 0 Å². The molecule has 1 unspecified atom stereocenters. The van der Waals surface area contributed by atoms with Gasteiger partial charge in [0.1, 0.15) is 0 Å². The summed E-state index contributed by atoms with van der Waals surface area (Å²) in [6.45, 7) is 7.60. The third-order valence-corrected chi connectivity index (χ3v) is 3.63. The van der Waals surface area contributed by atoms with Crippen LogP contribution in [0.5, 0.6) is 0 Å². The summed E-state index contributed by atoms with van der Waals surface area (Å²) in [4.78, 5) is 4.56. The molecule has 1 aromatic heterocycles. The van der Waals surface area contributed by atoms with Gasteiger partial charge in [-0.25, -0.2) is 0 Å². The number of pyridine rings is 1. The Morgan fingerprint density at radius 2 is 1.80 bits per heavy atom. The second-order valence-corrected chi connectivity index (χ2v) is 5.62. The molecule has 0 aliphatic carbocycles. The van der Waals surface area contributed by atoms with Gasteiger partial charge >= 0.3 is 0 Å². The quantitative estimate of drug-likeness (QED) is 0.859. The molecule has 2 rings (SSSR count). The second-order valence-electron chi connectivity index (χ2n) is 5.62. The molecule has 0 spiro atoms. The van der Waals surface area contributed by atoms with Gasteiger partial charge in [0.2, 0.25) is 0 Å². The number of aryl methyl sites for hydroxylation is 1. The molecule has 0 saturated heterocycles. The Morgan fingerprint density at radius 1 is 1.05 bits per heavy atom. The lowest BCUT2D eigenvalue weighted by atomic mass is 9.97. The summed E-state index contributed by atoms with van der Waals surface area (Å²) in [6, 6.07) is 15.1. The Labute approximate surface area is 122 Å². The molecule has 0 radical (unpaired) electrons. The Hall–Kier alpha value is -1.67. The number of nitrogens with zero attached hydrogens (tertiary/aromatic N) is 1. The molecule has 1 heterocycles. The largest absolute Gasteiger partial charge is 0.308 e. The number of rotatable bonds is 6. The fourth-order valence-corrected chi connectivity index (χ4v) is 2.49. The summed E-state index contributed by atoms with van der Waals surface area (Å²) >= 11 is 0. The zero-order valence-corrected chi connectivity index (χ0v) is 12.6.